The van der Waals surface area contributed by atoms with Crippen molar-refractivity contribution in [1.82, 2.24) is 15.1 Å². The van der Waals surface area contributed by atoms with E-state index < -0.39 is 0 Å². The molecular formula is C18H25N3O4. The number of nitrogens with zero attached hydrogens (tertiary/aromatic N) is 2. The van der Waals surface area contributed by atoms with E-state index in [0.29, 0.717) is 26.2 Å². The lowest BCUT2D eigenvalue weighted by atomic mass is 10.1. The predicted octanol–water partition coefficient (Wildman–Crippen LogP) is 0.879. The molecular weight excluding hydrogens is 322 g/mol. The second-order valence-electron chi connectivity index (χ2n) is 6.46. The summed E-state index contributed by atoms with van der Waals surface area (Å²) >= 11 is 0. The lowest BCUT2D eigenvalue weighted by Gasteiger charge is -2.22. The molecule has 7 nitrogen and oxygen atoms in total. The predicted molar refractivity (Wildman–Crippen MR) is 92.6 cm³/mol. The largest absolute Gasteiger partial charge is 0.497 e. The Morgan fingerprint density at radius 1 is 1.32 bits per heavy atom. The average molecular weight is 347 g/mol. The van der Waals surface area contributed by atoms with Crippen LogP contribution in [-0.4, -0.2) is 74.3 Å². The Morgan fingerprint density at radius 3 is 2.76 bits per heavy atom. The van der Waals surface area contributed by atoms with Gasteiger partial charge in [0.25, 0.3) is 0 Å². The van der Waals surface area contributed by atoms with Gasteiger partial charge in [-0.25, -0.2) is 4.79 Å². The SMILES string of the molecule is CNCC(=O)N1C[C@@H]2OC(=O)N(CCCc3ccc(OC)cc3)[C@@H]2C1. The number of methoxy groups -OCH3 is 1. The Bertz CT molecular complexity index is 619. The zero-order chi connectivity index (χ0) is 17.8. The molecule has 2 saturated heterocycles. The van der Waals surface area contributed by atoms with Crippen LogP contribution in [0.5, 0.6) is 5.75 Å². The van der Waals surface area contributed by atoms with E-state index in [0.717, 1.165) is 18.6 Å². The number of benzene rings is 1. The van der Waals surface area contributed by atoms with Gasteiger partial charge in [0.1, 0.15) is 11.9 Å². The number of amides is 2. The van der Waals surface area contributed by atoms with E-state index in [9.17, 15) is 9.59 Å². The van der Waals surface area contributed by atoms with Crippen molar-refractivity contribution in [3.05, 3.63) is 29.8 Å². The van der Waals surface area contributed by atoms with Gasteiger partial charge in [-0.15, -0.1) is 0 Å². The molecule has 25 heavy (non-hydrogen) atoms. The maximum atomic E-state index is 12.1. The van der Waals surface area contributed by atoms with Gasteiger partial charge in [0.15, 0.2) is 0 Å². The van der Waals surface area contributed by atoms with E-state index in [1.54, 1.807) is 24.0 Å². The van der Waals surface area contributed by atoms with Crippen LogP contribution in [0.15, 0.2) is 24.3 Å². The van der Waals surface area contributed by atoms with E-state index in [1.165, 1.54) is 5.56 Å². The number of carbonyl (C=O) groups is 2. The number of likely N-dealkylation sites (N-methyl/N-ethyl adjacent to an activating group) is 1. The van der Waals surface area contributed by atoms with Crippen molar-refractivity contribution in [2.45, 2.75) is 25.0 Å². The Kier molecular flexibility index (Phi) is 5.43. The van der Waals surface area contributed by atoms with Gasteiger partial charge in [-0.2, -0.15) is 0 Å². The molecule has 0 radical (unpaired) electrons. The van der Waals surface area contributed by atoms with E-state index >= 15 is 0 Å². The van der Waals surface area contributed by atoms with Crippen LogP contribution < -0.4 is 10.1 Å². The summed E-state index contributed by atoms with van der Waals surface area (Å²) < 4.78 is 10.6. The van der Waals surface area contributed by atoms with Crippen molar-refractivity contribution in [2.24, 2.45) is 0 Å². The highest BCUT2D eigenvalue weighted by atomic mass is 16.6. The first-order valence-corrected chi connectivity index (χ1v) is 8.65. The van der Waals surface area contributed by atoms with Gasteiger partial charge in [0, 0.05) is 13.1 Å². The Balaban J connectivity index is 1.51. The molecule has 2 aliphatic rings. The first-order valence-electron chi connectivity index (χ1n) is 8.65. The van der Waals surface area contributed by atoms with Crippen LogP contribution in [0.3, 0.4) is 0 Å². The number of carbonyl (C=O) groups excluding carboxylic acids is 2. The van der Waals surface area contributed by atoms with Gasteiger partial charge < -0.3 is 19.7 Å². The lowest BCUT2D eigenvalue weighted by molar-refractivity contribution is -0.129. The van der Waals surface area contributed by atoms with Gasteiger partial charge in [-0.3, -0.25) is 9.69 Å². The fourth-order valence-corrected chi connectivity index (χ4v) is 3.47. The smallest absolute Gasteiger partial charge is 0.410 e. The van der Waals surface area contributed by atoms with Crippen molar-refractivity contribution in [3.63, 3.8) is 0 Å². The summed E-state index contributed by atoms with van der Waals surface area (Å²) in [7, 11) is 3.40. The maximum absolute atomic E-state index is 12.1. The molecule has 2 aliphatic heterocycles. The Hall–Kier alpha value is -2.28. The van der Waals surface area contributed by atoms with Crippen LogP contribution >= 0.6 is 0 Å². The third-order valence-electron chi connectivity index (χ3n) is 4.83. The van der Waals surface area contributed by atoms with Gasteiger partial charge in [0.2, 0.25) is 5.91 Å². The van der Waals surface area contributed by atoms with E-state index in [4.69, 9.17) is 9.47 Å². The van der Waals surface area contributed by atoms with Crippen molar-refractivity contribution < 1.29 is 19.1 Å². The molecule has 136 valence electrons. The molecule has 2 atom stereocenters. The summed E-state index contributed by atoms with van der Waals surface area (Å²) in [6.07, 6.45) is 1.28. The first-order chi connectivity index (χ1) is 12.1. The summed E-state index contributed by atoms with van der Waals surface area (Å²) in [4.78, 5) is 27.6. The third kappa shape index (κ3) is 3.87. The van der Waals surface area contributed by atoms with Crippen molar-refractivity contribution >= 4 is 12.0 Å². The molecule has 2 amide bonds. The highest BCUT2D eigenvalue weighted by molar-refractivity contribution is 5.79. The molecule has 0 aliphatic carbocycles. The van der Waals surface area contributed by atoms with Gasteiger partial charge in [-0.05, 0) is 37.6 Å². The molecule has 7 heteroatoms. The normalized spacial score (nSPS) is 22.1. The molecule has 0 saturated carbocycles. The number of likely N-dealkylation sites (tertiary alicyclic amines) is 1. The van der Waals surface area contributed by atoms with Crippen LogP contribution in [0, 0.1) is 0 Å². The van der Waals surface area contributed by atoms with Crippen LogP contribution in [0.1, 0.15) is 12.0 Å². The summed E-state index contributed by atoms with van der Waals surface area (Å²) in [5, 5.41) is 2.87. The van der Waals surface area contributed by atoms with Gasteiger partial charge in [-0.1, -0.05) is 12.1 Å². The minimum absolute atomic E-state index is 0.0239. The zero-order valence-corrected chi connectivity index (χ0v) is 14.7. The molecule has 2 fully saturated rings. The lowest BCUT2D eigenvalue weighted by Crippen LogP contribution is -2.41. The topological polar surface area (TPSA) is 71.1 Å². The van der Waals surface area contributed by atoms with Crippen molar-refractivity contribution in [1.29, 1.82) is 0 Å². The monoisotopic (exact) mass is 347 g/mol. The Labute approximate surface area is 147 Å². The molecule has 0 bridgehead atoms. The number of nitrogens with one attached hydrogen (secondary N) is 1. The number of hydrogen-bond acceptors (Lipinski definition) is 5. The summed E-state index contributed by atoms with van der Waals surface area (Å²) in [6.45, 7) is 2.00. The third-order valence-corrected chi connectivity index (χ3v) is 4.83. The molecule has 1 N–H and O–H groups in total. The number of rotatable bonds is 7. The van der Waals surface area contributed by atoms with E-state index in [-0.39, 0.29) is 24.1 Å². The van der Waals surface area contributed by atoms with Crippen molar-refractivity contribution in [2.75, 3.05) is 40.3 Å². The summed E-state index contributed by atoms with van der Waals surface area (Å²) in [5.41, 5.74) is 1.21. The van der Waals surface area contributed by atoms with Crippen LogP contribution in [0.25, 0.3) is 0 Å². The quantitative estimate of drug-likeness (QED) is 0.793. The average Bonchev–Trinajstić information content (AvgIpc) is 3.14. The highest BCUT2D eigenvalue weighted by Crippen LogP contribution is 2.27. The molecule has 3 rings (SSSR count). The molecule has 0 aromatic heterocycles. The molecule has 1 aromatic rings. The van der Waals surface area contributed by atoms with Crippen LogP contribution in [0.2, 0.25) is 0 Å². The van der Waals surface area contributed by atoms with E-state index in [2.05, 4.69) is 5.32 Å². The summed E-state index contributed by atoms with van der Waals surface area (Å²) in [6, 6.07) is 7.94. The fraction of sp³-hybridized carbons (Fsp3) is 0.556. The minimum atomic E-state index is -0.259. The molecule has 2 heterocycles. The number of fused-ring (bicyclic) bond motifs is 1. The van der Waals surface area contributed by atoms with Gasteiger partial charge >= 0.3 is 6.09 Å². The number of ether oxygens (including phenoxy) is 2. The van der Waals surface area contributed by atoms with Crippen LogP contribution in [0.4, 0.5) is 4.79 Å². The highest BCUT2D eigenvalue weighted by Gasteiger charge is 2.48. The second-order valence-corrected chi connectivity index (χ2v) is 6.46. The van der Waals surface area contributed by atoms with Crippen LogP contribution in [-0.2, 0) is 16.0 Å². The molecule has 1 aromatic carbocycles. The Morgan fingerprint density at radius 2 is 2.08 bits per heavy atom. The maximum Gasteiger partial charge on any atom is 0.410 e. The van der Waals surface area contributed by atoms with Gasteiger partial charge in [0.05, 0.1) is 26.2 Å². The second kappa shape index (κ2) is 7.74. The van der Waals surface area contributed by atoms with E-state index in [1.807, 2.05) is 24.3 Å². The standard InChI is InChI=1S/C18H25N3O4/c1-19-10-17(22)20-11-15-16(12-20)25-18(23)21(15)9-3-4-13-5-7-14(24-2)8-6-13/h5-8,15-16,19H,3-4,9-12H2,1-2H3/t15-,16+/m1/s1. The zero-order valence-electron chi connectivity index (χ0n) is 14.7. The number of aryl methyl sites for hydroxylation is 1. The number of hydrogen-bond donors (Lipinski definition) is 1. The fourth-order valence-electron chi connectivity index (χ4n) is 3.47. The first kappa shape index (κ1) is 17.5. The van der Waals surface area contributed by atoms with Crippen molar-refractivity contribution in [3.8, 4) is 5.75 Å². The molecule has 0 unspecified atom stereocenters. The molecule has 0 spiro atoms. The summed E-state index contributed by atoms with van der Waals surface area (Å²) in [5.74, 6) is 0.887. The minimum Gasteiger partial charge on any atom is -0.497 e.